The smallest absolute Gasteiger partial charge is 0.0627 e. The Labute approximate surface area is 96.8 Å². The summed E-state index contributed by atoms with van der Waals surface area (Å²) >= 11 is 0. The second-order valence-electron chi connectivity index (χ2n) is 5.21. The van der Waals surface area contributed by atoms with E-state index in [0.717, 1.165) is 6.42 Å². The minimum atomic E-state index is 0.149. The first kappa shape index (κ1) is 10.3. The van der Waals surface area contributed by atoms with E-state index in [1.54, 1.807) is 0 Å². The minimum Gasteiger partial charge on any atom is -0.375 e. The van der Waals surface area contributed by atoms with E-state index >= 15 is 0 Å². The van der Waals surface area contributed by atoms with Gasteiger partial charge in [-0.1, -0.05) is 29.8 Å². The van der Waals surface area contributed by atoms with E-state index in [1.807, 2.05) is 0 Å². The first-order valence-electron chi connectivity index (χ1n) is 6.21. The van der Waals surface area contributed by atoms with Crippen LogP contribution in [-0.4, -0.2) is 12.2 Å². The predicted molar refractivity (Wildman–Crippen MR) is 64.1 cm³/mol. The van der Waals surface area contributed by atoms with Crippen LogP contribution >= 0.6 is 0 Å². The van der Waals surface area contributed by atoms with Crippen LogP contribution in [0, 0.1) is 12.8 Å². The molecule has 2 aliphatic heterocycles. The molecule has 1 aromatic rings. The van der Waals surface area contributed by atoms with Crippen molar-refractivity contribution in [2.24, 2.45) is 11.7 Å². The summed E-state index contributed by atoms with van der Waals surface area (Å²) in [5.41, 5.74) is 8.90. The Kier molecular flexibility index (Phi) is 2.49. The standard InChI is InChI=1S/C14H19NO/c1-9-2-4-10(5-3-9)14(15)12-8-11-6-7-13(12)16-11/h2-5,11-14H,6-8,15H2,1H3. The van der Waals surface area contributed by atoms with E-state index < -0.39 is 0 Å². The SMILES string of the molecule is Cc1ccc(C(N)C2CC3CCC2O3)cc1. The summed E-state index contributed by atoms with van der Waals surface area (Å²) in [7, 11) is 0. The normalized spacial score (nSPS) is 34.2. The lowest BCUT2D eigenvalue weighted by Gasteiger charge is -2.25. The Morgan fingerprint density at radius 2 is 2.00 bits per heavy atom. The lowest BCUT2D eigenvalue weighted by Crippen LogP contribution is -2.29. The molecule has 3 rings (SSSR count). The van der Waals surface area contributed by atoms with Crippen LogP contribution in [0.5, 0.6) is 0 Å². The summed E-state index contributed by atoms with van der Waals surface area (Å²) in [6, 6.07) is 8.75. The van der Waals surface area contributed by atoms with Crippen molar-refractivity contribution in [3.63, 3.8) is 0 Å². The topological polar surface area (TPSA) is 35.2 Å². The number of hydrogen-bond acceptors (Lipinski definition) is 2. The van der Waals surface area contributed by atoms with Crippen molar-refractivity contribution in [3.8, 4) is 0 Å². The highest BCUT2D eigenvalue weighted by Crippen LogP contribution is 2.43. The average molecular weight is 217 g/mol. The van der Waals surface area contributed by atoms with Crippen molar-refractivity contribution >= 4 is 0 Å². The van der Waals surface area contributed by atoms with Crippen LogP contribution < -0.4 is 5.73 Å². The third kappa shape index (κ3) is 1.66. The number of nitrogens with two attached hydrogens (primary N) is 1. The highest BCUT2D eigenvalue weighted by Gasteiger charge is 2.43. The molecular formula is C14H19NO. The highest BCUT2D eigenvalue weighted by molar-refractivity contribution is 5.25. The second kappa shape index (κ2) is 3.86. The molecule has 1 aromatic carbocycles. The molecule has 4 unspecified atom stereocenters. The van der Waals surface area contributed by atoms with Gasteiger partial charge in [0.25, 0.3) is 0 Å². The van der Waals surface area contributed by atoms with Crippen LogP contribution in [-0.2, 0) is 4.74 Å². The van der Waals surface area contributed by atoms with Gasteiger partial charge in [-0.15, -0.1) is 0 Å². The van der Waals surface area contributed by atoms with Crippen molar-refractivity contribution in [3.05, 3.63) is 35.4 Å². The van der Waals surface area contributed by atoms with E-state index in [1.165, 1.54) is 24.0 Å². The third-order valence-electron chi connectivity index (χ3n) is 4.08. The van der Waals surface area contributed by atoms with Crippen LogP contribution in [0.2, 0.25) is 0 Å². The van der Waals surface area contributed by atoms with Crippen LogP contribution in [0.4, 0.5) is 0 Å². The van der Waals surface area contributed by atoms with Gasteiger partial charge in [-0.25, -0.2) is 0 Å². The summed E-state index contributed by atoms with van der Waals surface area (Å²) in [6.45, 7) is 2.11. The number of rotatable bonds is 2. The molecule has 2 fully saturated rings. The van der Waals surface area contributed by atoms with Crippen molar-refractivity contribution in [1.82, 2.24) is 0 Å². The molecule has 2 heteroatoms. The fraction of sp³-hybridized carbons (Fsp3) is 0.571. The first-order valence-corrected chi connectivity index (χ1v) is 6.21. The van der Waals surface area contributed by atoms with E-state index in [2.05, 4.69) is 31.2 Å². The Balaban J connectivity index is 1.77. The van der Waals surface area contributed by atoms with Gasteiger partial charge in [0.05, 0.1) is 12.2 Å². The van der Waals surface area contributed by atoms with Crippen LogP contribution in [0.3, 0.4) is 0 Å². The third-order valence-corrected chi connectivity index (χ3v) is 4.08. The molecule has 0 aromatic heterocycles. The lowest BCUT2D eigenvalue weighted by atomic mass is 9.81. The van der Waals surface area contributed by atoms with Crippen molar-refractivity contribution in [2.75, 3.05) is 0 Å². The molecule has 2 bridgehead atoms. The van der Waals surface area contributed by atoms with Gasteiger partial charge in [-0.2, -0.15) is 0 Å². The van der Waals surface area contributed by atoms with Gasteiger partial charge >= 0.3 is 0 Å². The maximum Gasteiger partial charge on any atom is 0.0627 e. The summed E-state index contributed by atoms with van der Waals surface area (Å²) in [4.78, 5) is 0. The molecule has 0 aliphatic carbocycles. The Bertz CT molecular complexity index is 373. The number of benzene rings is 1. The van der Waals surface area contributed by atoms with Crippen molar-refractivity contribution in [1.29, 1.82) is 0 Å². The molecular weight excluding hydrogens is 198 g/mol. The quantitative estimate of drug-likeness (QED) is 0.826. The molecule has 0 amide bonds. The Morgan fingerprint density at radius 1 is 1.25 bits per heavy atom. The molecule has 2 heterocycles. The highest BCUT2D eigenvalue weighted by atomic mass is 16.5. The van der Waals surface area contributed by atoms with Crippen LogP contribution in [0.25, 0.3) is 0 Å². The number of ether oxygens (including phenoxy) is 1. The molecule has 4 atom stereocenters. The number of aryl methyl sites for hydroxylation is 1. The van der Waals surface area contributed by atoms with E-state index in [-0.39, 0.29) is 6.04 Å². The molecule has 0 radical (unpaired) electrons. The molecule has 16 heavy (non-hydrogen) atoms. The minimum absolute atomic E-state index is 0.149. The first-order chi connectivity index (χ1) is 7.74. The van der Waals surface area contributed by atoms with Gasteiger partial charge in [0.2, 0.25) is 0 Å². The van der Waals surface area contributed by atoms with Gasteiger partial charge in [-0.3, -0.25) is 0 Å². The molecule has 2 saturated heterocycles. The lowest BCUT2D eigenvalue weighted by molar-refractivity contribution is 0.0885. The zero-order valence-electron chi connectivity index (χ0n) is 9.73. The summed E-state index contributed by atoms with van der Waals surface area (Å²) in [5.74, 6) is 0.529. The van der Waals surface area contributed by atoms with Gasteiger partial charge in [0.1, 0.15) is 0 Å². The van der Waals surface area contributed by atoms with Crippen LogP contribution in [0.1, 0.15) is 36.4 Å². The maximum atomic E-state index is 6.36. The van der Waals surface area contributed by atoms with Crippen molar-refractivity contribution in [2.45, 2.75) is 44.4 Å². The molecule has 2 N–H and O–H groups in total. The van der Waals surface area contributed by atoms with E-state index in [0.29, 0.717) is 18.1 Å². The predicted octanol–water partition coefficient (Wildman–Crippen LogP) is 2.56. The summed E-state index contributed by atoms with van der Waals surface area (Å²) < 4.78 is 5.87. The molecule has 86 valence electrons. The average Bonchev–Trinajstić information content (AvgIpc) is 2.91. The molecule has 2 nitrogen and oxygen atoms in total. The molecule has 2 aliphatic rings. The van der Waals surface area contributed by atoms with Gasteiger partial charge in [0.15, 0.2) is 0 Å². The van der Waals surface area contributed by atoms with E-state index in [9.17, 15) is 0 Å². The largest absolute Gasteiger partial charge is 0.375 e. The van der Waals surface area contributed by atoms with Crippen molar-refractivity contribution < 1.29 is 4.74 Å². The van der Waals surface area contributed by atoms with Gasteiger partial charge < -0.3 is 10.5 Å². The van der Waals surface area contributed by atoms with Gasteiger partial charge in [-0.05, 0) is 31.7 Å². The fourth-order valence-corrected chi connectivity index (χ4v) is 3.09. The molecule has 0 saturated carbocycles. The monoisotopic (exact) mass is 217 g/mol. The Morgan fingerprint density at radius 3 is 2.56 bits per heavy atom. The van der Waals surface area contributed by atoms with Gasteiger partial charge in [0, 0.05) is 12.0 Å². The maximum absolute atomic E-state index is 6.36. The Hall–Kier alpha value is -0.860. The second-order valence-corrected chi connectivity index (χ2v) is 5.21. The number of hydrogen-bond donors (Lipinski definition) is 1. The summed E-state index contributed by atoms with van der Waals surface area (Å²) in [6.07, 6.45) is 4.50. The van der Waals surface area contributed by atoms with E-state index in [4.69, 9.17) is 10.5 Å². The van der Waals surface area contributed by atoms with Crippen LogP contribution in [0.15, 0.2) is 24.3 Å². The summed E-state index contributed by atoms with van der Waals surface area (Å²) in [5, 5.41) is 0. The molecule has 0 spiro atoms. The fourth-order valence-electron chi connectivity index (χ4n) is 3.09. The zero-order valence-corrected chi connectivity index (χ0v) is 9.73. The number of fused-ring (bicyclic) bond motifs is 2. The zero-order chi connectivity index (χ0) is 11.1.